The van der Waals surface area contributed by atoms with Crippen LogP contribution in [0.1, 0.15) is 23.6 Å². The van der Waals surface area contributed by atoms with E-state index in [9.17, 15) is 9.59 Å². The van der Waals surface area contributed by atoms with Crippen LogP contribution in [0.4, 0.5) is 11.4 Å². The molecule has 0 bridgehead atoms. The molecule has 0 unspecified atom stereocenters. The van der Waals surface area contributed by atoms with Crippen LogP contribution in [0.15, 0.2) is 47.5 Å². The van der Waals surface area contributed by atoms with Crippen molar-refractivity contribution in [1.29, 1.82) is 0 Å². The van der Waals surface area contributed by atoms with Crippen LogP contribution in [0.2, 0.25) is 0 Å². The molecule has 0 saturated carbocycles. The van der Waals surface area contributed by atoms with Gasteiger partial charge in [-0.1, -0.05) is 41.6 Å². The molecule has 2 amide bonds. The van der Waals surface area contributed by atoms with Crippen molar-refractivity contribution in [3.05, 3.63) is 59.2 Å². The van der Waals surface area contributed by atoms with E-state index in [-0.39, 0.29) is 23.6 Å². The van der Waals surface area contributed by atoms with Crippen molar-refractivity contribution >= 4 is 40.1 Å². The van der Waals surface area contributed by atoms with E-state index in [4.69, 9.17) is 0 Å². The lowest BCUT2D eigenvalue weighted by Crippen LogP contribution is -2.33. The highest BCUT2D eigenvalue weighted by atomic mass is 32.2. The molecule has 140 valence electrons. The van der Waals surface area contributed by atoms with Gasteiger partial charge in [0.1, 0.15) is 6.54 Å². The Morgan fingerprint density at radius 1 is 1.11 bits per heavy atom. The van der Waals surface area contributed by atoms with Crippen molar-refractivity contribution in [3.63, 3.8) is 0 Å². The van der Waals surface area contributed by atoms with E-state index in [0.717, 1.165) is 28.1 Å². The maximum Gasteiger partial charge on any atom is 0.254 e. The van der Waals surface area contributed by atoms with Gasteiger partial charge >= 0.3 is 0 Å². The molecule has 0 radical (unpaired) electrons. The summed E-state index contributed by atoms with van der Waals surface area (Å²) in [5, 5.41) is 3.16. The smallest absolute Gasteiger partial charge is 0.254 e. The fourth-order valence-corrected chi connectivity index (χ4v) is 3.67. The molecule has 0 aromatic heterocycles. The first kappa shape index (κ1) is 19.2. The average molecular weight is 382 g/mol. The third kappa shape index (κ3) is 4.39. The highest BCUT2D eigenvalue weighted by molar-refractivity contribution is 8.15. The number of amidine groups is 1. The van der Waals surface area contributed by atoms with E-state index in [1.807, 2.05) is 70.2 Å². The van der Waals surface area contributed by atoms with Crippen LogP contribution in [0.3, 0.4) is 0 Å². The zero-order chi connectivity index (χ0) is 19.6. The van der Waals surface area contributed by atoms with Crippen molar-refractivity contribution in [2.24, 2.45) is 4.99 Å². The number of thioether (sulfide) groups is 1. The van der Waals surface area contributed by atoms with Gasteiger partial charge < -0.3 is 5.32 Å². The van der Waals surface area contributed by atoms with Gasteiger partial charge in [0.05, 0.1) is 10.9 Å². The number of amides is 2. The first-order valence-corrected chi connectivity index (χ1v) is 9.72. The van der Waals surface area contributed by atoms with E-state index in [1.54, 1.807) is 4.90 Å². The molecule has 1 atom stereocenters. The molecule has 2 aromatic rings. The number of aryl methyl sites for hydroxylation is 3. The van der Waals surface area contributed by atoms with Gasteiger partial charge in [-0.3, -0.25) is 19.5 Å². The third-order valence-corrected chi connectivity index (χ3v) is 5.47. The molecule has 0 saturated heterocycles. The molecule has 1 N–H and O–H groups in total. The highest BCUT2D eigenvalue weighted by Crippen LogP contribution is 2.27. The Balaban J connectivity index is 1.71. The lowest BCUT2D eigenvalue weighted by Gasteiger charge is -2.20. The van der Waals surface area contributed by atoms with Gasteiger partial charge in [0.15, 0.2) is 5.17 Å². The van der Waals surface area contributed by atoms with Gasteiger partial charge in [-0.2, -0.15) is 0 Å². The zero-order valence-corrected chi connectivity index (χ0v) is 16.8. The van der Waals surface area contributed by atoms with Crippen molar-refractivity contribution in [1.82, 2.24) is 0 Å². The van der Waals surface area contributed by atoms with E-state index in [2.05, 4.69) is 10.3 Å². The molecular weight excluding hydrogens is 358 g/mol. The Bertz CT molecular complexity index is 906. The van der Waals surface area contributed by atoms with Crippen LogP contribution < -0.4 is 10.2 Å². The summed E-state index contributed by atoms with van der Waals surface area (Å²) in [4.78, 5) is 30.9. The number of aliphatic imine (C=N–C) groups is 1. The van der Waals surface area contributed by atoms with Crippen molar-refractivity contribution in [2.45, 2.75) is 32.9 Å². The molecule has 1 aliphatic heterocycles. The minimum Gasteiger partial charge on any atom is -0.325 e. The molecule has 1 heterocycles. The first-order valence-electron chi connectivity index (χ1n) is 8.84. The second-order valence-electron chi connectivity index (χ2n) is 6.73. The summed E-state index contributed by atoms with van der Waals surface area (Å²) in [6.07, 6.45) is 0. The molecule has 0 fully saturated rings. The molecule has 6 heteroatoms. The molecule has 27 heavy (non-hydrogen) atoms. The quantitative estimate of drug-likeness (QED) is 0.868. The summed E-state index contributed by atoms with van der Waals surface area (Å²) in [6.45, 7) is 7.89. The van der Waals surface area contributed by atoms with Crippen LogP contribution >= 0.6 is 11.8 Å². The molecule has 0 spiro atoms. The largest absolute Gasteiger partial charge is 0.325 e. The molecular formula is C21H23N3O2S. The molecule has 3 rings (SSSR count). The Kier molecular flexibility index (Phi) is 5.65. The monoisotopic (exact) mass is 381 g/mol. The fraction of sp³-hybridized carbons (Fsp3) is 0.286. The van der Waals surface area contributed by atoms with Crippen molar-refractivity contribution in [2.75, 3.05) is 16.8 Å². The third-order valence-electron chi connectivity index (χ3n) is 4.38. The summed E-state index contributed by atoms with van der Waals surface area (Å²) >= 11 is 1.30. The van der Waals surface area contributed by atoms with Crippen LogP contribution in [0.5, 0.6) is 0 Å². The van der Waals surface area contributed by atoms with Crippen molar-refractivity contribution in [3.8, 4) is 0 Å². The van der Waals surface area contributed by atoms with Crippen LogP contribution in [0, 0.1) is 20.8 Å². The summed E-state index contributed by atoms with van der Waals surface area (Å²) < 4.78 is 0. The summed E-state index contributed by atoms with van der Waals surface area (Å²) in [5.74, 6) is -0.192. The standard InChI is InChI=1S/C21H23N3O2S/c1-13-6-9-17(10-7-13)24-19(25)12-22-21(24)27-16(4)20(26)23-18-11-14(2)5-8-15(18)3/h5-11,16H,12H2,1-4H3,(H,23,26)/t16-/m1/s1. The van der Waals surface area contributed by atoms with Gasteiger partial charge in [0, 0.05) is 5.69 Å². The van der Waals surface area contributed by atoms with Gasteiger partial charge in [-0.15, -0.1) is 0 Å². The summed E-state index contributed by atoms with van der Waals surface area (Å²) in [5.41, 5.74) is 4.81. The van der Waals surface area contributed by atoms with Crippen LogP contribution in [-0.2, 0) is 9.59 Å². The Morgan fingerprint density at radius 2 is 1.78 bits per heavy atom. The lowest BCUT2D eigenvalue weighted by atomic mass is 10.1. The number of rotatable bonds is 4. The molecule has 5 nitrogen and oxygen atoms in total. The average Bonchev–Trinajstić information content (AvgIpc) is 2.99. The summed E-state index contributed by atoms with van der Waals surface area (Å²) in [6, 6.07) is 13.7. The molecule has 0 aliphatic carbocycles. The van der Waals surface area contributed by atoms with E-state index < -0.39 is 0 Å². The minimum atomic E-state index is -0.387. The predicted octanol–water partition coefficient (Wildman–Crippen LogP) is 4.07. The van der Waals surface area contributed by atoms with Crippen LogP contribution in [0.25, 0.3) is 0 Å². The Labute approximate surface area is 163 Å². The number of carbonyl (C=O) groups is 2. The minimum absolute atomic E-state index is 0.0801. The SMILES string of the molecule is Cc1ccc(N2C(=O)CN=C2S[C@H](C)C(=O)Nc2cc(C)ccc2C)cc1. The number of benzene rings is 2. The van der Waals surface area contributed by atoms with Crippen LogP contribution in [-0.4, -0.2) is 28.8 Å². The fourth-order valence-electron chi connectivity index (χ4n) is 2.74. The number of hydrogen-bond donors (Lipinski definition) is 1. The second kappa shape index (κ2) is 7.96. The first-order chi connectivity index (χ1) is 12.8. The van der Waals surface area contributed by atoms with Gasteiger partial charge in [0.2, 0.25) is 5.91 Å². The van der Waals surface area contributed by atoms with Crippen molar-refractivity contribution < 1.29 is 9.59 Å². The number of anilines is 2. The van der Waals surface area contributed by atoms with Gasteiger partial charge in [0.25, 0.3) is 5.91 Å². The number of nitrogens with zero attached hydrogens (tertiary/aromatic N) is 2. The second-order valence-corrected chi connectivity index (χ2v) is 8.04. The topological polar surface area (TPSA) is 61.8 Å². The Hall–Kier alpha value is -2.60. The van der Waals surface area contributed by atoms with E-state index >= 15 is 0 Å². The molecule has 1 aliphatic rings. The maximum atomic E-state index is 12.6. The zero-order valence-electron chi connectivity index (χ0n) is 15.9. The molecule has 2 aromatic carbocycles. The number of carbonyl (C=O) groups excluding carboxylic acids is 2. The Morgan fingerprint density at radius 3 is 2.48 bits per heavy atom. The lowest BCUT2D eigenvalue weighted by molar-refractivity contribution is -0.116. The summed E-state index contributed by atoms with van der Waals surface area (Å²) in [7, 11) is 0. The van der Waals surface area contributed by atoms with Gasteiger partial charge in [-0.25, -0.2) is 0 Å². The number of nitrogens with one attached hydrogen (secondary N) is 1. The van der Waals surface area contributed by atoms with E-state index in [1.165, 1.54) is 11.8 Å². The van der Waals surface area contributed by atoms with Gasteiger partial charge in [-0.05, 0) is 57.0 Å². The number of hydrogen-bond acceptors (Lipinski definition) is 4. The van der Waals surface area contributed by atoms with E-state index in [0.29, 0.717) is 5.17 Å². The normalized spacial score (nSPS) is 14.9. The predicted molar refractivity (Wildman–Crippen MR) is 113 cm³/mol. The highest BCUT2D eigenvalue weighted by Gasteiger charge is 2.30. The maximum absolute atomic E-state index is 12.6.